The van der Waals surface area contributed by atoms with Crippen molar-refractivity contribution >= 4 is 12.3 Å². The van der Waals surface area contributed by atoms with Crippen molar-refractivity contribution < 1.29 is 14.3 Å². The Morgan fingerprint density at radius 2 is 2.00 bits per heavy atom. The van der Waals surface area contributed by atoms with Gasteiger partial charge in [0.1, 0.15) is 6.29 Å². The SMILES string of the molecule is CCOC(=O)/C=C(C)/C=C/C=C/C=O. The molecule has 0 heterocycles. The van der Waals surface area contributed by atoms with Crippen LogP contribution in [0.4, 0.5) is 0 Å². The molecule has 76 valence electrons. The summed E-state index contributed by atoms with van der Waals surface area (Å²) in [6.45, 7) is 3.91. The second-order valence-corrected chi connectivity index (χ2v) is 2.52. The molecule has 0 saturated carbocycles. The summed E-state index contributed by atoms with van der Waals surface area (Å²) in [5.74, 6) is -0.353. The third kappa shape index (κ3) is 7.03. The Kier molecular flexibility index (Phi) is 7.05. The molecular formula is C11H14O3. The van der Waals surface area contributed by atoms with Gasteiger partial charge in [0.25, 0.3) is 0 Å². The van der Waals surface area contributed by atoms with Gasteiger partial charge in [-0.3, -0.25) is 4.79 Å². The number of aldehydes is 1. The Hall–Kier alpha value is -1.64. The van der Waals surface area contributed by atoms with Gasteiger partial charge < -0.3 is 4.74 Å². The van der Waals surface area contributed by atoms with Gasteiger partial charge in [-0.05, 0) is 25.5 Å². The number of ether oxygens (including phenoxy) is 1. The highest BCUT2D eigenvalue weighted by atomic mass is 16.5. The topological polar surface area (TPSA) is 43.4 Å². The van der Waals surface area contributed by atoms with Crippen molar-refractivity contribution in [2.24, 2.45) is 0 Å². The van der Waals surface area contributed by atoms with E-state index < -0.39 is 0 Å². The average Bonchev–Trinajstić information content (AvgIpc) is 2.13. The molecule has 0 aromatic heterocycles. The second-order valence-electron chi connectivity index (χ2n) is 2.52. The van der Waals surface area contributed by atoms with Gasteiger partial charge in [0.15, 0.2) is 0 Å². The van der Waals surface area contributed by atoms with E-state index in [1.807, 2.05) is 0 Å². The van der Waals surface area contributed by atoms with Crippen LogP contribution in [0.25, 0.3) is 0 Å². The minimum absolute atomic E-state index is 0.353. The molecule has 0 aliphatic heterocycles. The maximum atomic E-state index is 10.9. The molecule has 14 heavy (non-hydrogen) atoms. The van der Waals surface area contributed by atoms with Crippen LogP contribution in [0, 0.1) is 0 Å². The van der Waals surface area contributed by atoms with Gasteiger partial charge in [-0.15, -0.1) is 0 Å². The van der Waals surface area contributed by atoms with Crippen molar-refractivity contribution in [2.45, 2.75) is 13.8 Å². The van der Waals surface area contributed by atoms with Crippen LogP contribution in [0.5, 0.6) is 0 Å². The summed E-state index contributed by atoms with van der Waals surface area (Å²) in [5.41, 5.74) is 0.777. The molecule has 0 aromatic carbocycles. The first-order chi connectivity index (χ1) is 6.70. The molecule has 0 radical (unpaired) electrons. The second kappa shape index (κ2) is 7.98. The Morgan fingerprint density at radius 1 is 1.29 bits per heavy atom. The number of allylic oxidation sites excluding steroid dienone is 5. The van der Waals surface area contributed by atoms with Gasteiger partial charge in [0.2, 0.25) is 0 Å². The highest BCUT2D eigenvalue weighted by Gasteiger charge is 1.94. The van der Waals surface area contributed by atoms with Gasteiger partial charge >= 0.3 is 5.97 Å². The summed E-state index contributed by atoms with van der Waals surface area (Å²) in [6.07, 6.45) is 8.45. The Balaban J connectivity index is 4.11. The molecule has 0 aromatic rings. The molecule has 3 heteroatoms. The van der Waals surface area contributed by atoms with Gasteiger partial charge in [0.05, 0.1) is 6.61 Å². The molecule has 0 aliphatic rings. The van der Waals surface area contributed by atoms with Crippen LogP contribution >= 0.6 is 0 Å². The molecule has 0 unspecified atom stereocenters. The van der Waals surface area contributed by atoms with Crippen molar-refractivity contribution in [3.8, 4) is 0 Å². The van der Waals surface area contributed by atoms with Crippen molar-refractivity contribution in [1.29, 1.82) is 0 Å². The van der Waals surface area contributed by atoms with Gasteiger partial charge in [0, 0.05) is 6.08 Å². The zero-order valence-electron chi connectivity index (χ0n) is 8.40. The zero-order chi connectivity index (χ0) is 10.8. The number of carbonyl (C=O) groups excluding carboxylic acids is 2. The van der Waals surface area contributed by atoms with Crippen molar-refractivity contribution in [1.82, 2.24) is 0 Å². The molecule has 0 spiro atoms. The summed E-state index contributed by atoms with van der Waals surface area (Å²) in [4.78, 5) is 20.8. The van der Waals surface area contributed by atoms with Crippen molar-refractivity contribution in [3.63, 3.8) is 0 Å². The van der Waals surface area contributed by atoms with E-state index in [1.165, 1.54) is 12.2 Å². The number of esters is 1. The molecule has 0 rings (SSSR count). The molecule has 0 aliphatic carbocycles. The first-order valence-corrected chi connectivity index (χ1v) is 4.34. The molecule has 0 fully saturated rings. The Bertz CT molecular complexity index is 272. The summed E-state index contributed by atoms with van der Waals surface area (Å²) in [6, 6.07) is 0. The first-order valence-electron chi connectivity index (χ1n) is 4.34. The van der Waals surface area contributed by atoms with Crippen molar-refractivity contribution in [2.75, 3.05) is 6.61 Å². The largest absolute Gasteiger partial charge is 0.463 e. The van der Waals surface area contributed by atoms with E-state index in [-0.39, 0.29) is 5.97 Å². The Labute approximate surface area is 83.8 Å². The van der Waals surface area contributed by atoms with Crippen LogP contribution in [-0.2, 0) is 14.3 Å². The van der Waals surface area contributed by atoms with Crippen LogP contribution < -0.4 is 0 Å². The fourth-order valence-electron chi connectivity index (χ4n) is 0.735. The van der Waals surface area contributed by atoms with Gasteiger partial charge in [-0.25, -0.2) is 4.79 Å². The molecular weight excluding hydrogens is 180 g/mol. The summed E-state index contributed by atoms with van der Waals surface area (Å²) in [7, 11) is 0. The van der Waals surface area contributed by atoms with Crippen LogP contribution in [0.3, 0.4) is 0 Å². The van der Waals surface area contributed by atoms with Crippen LogP contribution in [-0.4, -0.2) is 18.9 Å². The first kappa shape index (κ1) is 12.4. The highest BCUT2D eigenvalue weighted by Crippen LogP contribution is 1.96. The third-order valence-electron chi connectivity index (χ3n) is 1.29. The lowest BCUT2D eigenvalue weighted by molar-refractivity contribution is -0.137. The highest BCUT2D eigenvalue weighted by molar-refractivity contribution is 5.83. The molecule has 3 nitrogen and oxygen atoms in total. The minimum Gasteiger partial charge on any atom is -0.463 e. The number of rotatable bonds is 5. The predicted octanol–water partition coefficient (Wildman–Crippen LogP) is 1.81. The van der Waals surface area contributed by atoms with E-state index in [0.29, 0.717) is 12.9 Å². The summed E-state index contributed by atoms with van der Waals surface area (Å²) < 4.78 is 4.72. The molecule has 0 amide bonds. The van der Waals surface area contributed by atoms with E-state index in [4.69, 9.17) is 4.74 Å². The number of hydrogen-bond acceptors (Lipinski definition) is 3. The number of carbonyl (C=O) groups is 2. The fraction of sp³-hybridized carbons (Fsp3) is 0.273. The summed E-state index contributed by atoms with van der Waals surface area (Å²) >= 11 is 0. The maximum Gasteiger partial charge on any atom is 0.330 e. The lowest BCUT2D eigenvalue weighted by Gasteiger charge is -1.95. The quantitative estimate of drug-likeness (QED) is 0.290. The van der Waals surface area contributed by atoms with E-state index >= 15 is 0 Å². The van der Waals surface area contributed by atoms with E-state index in [2.05, 4.69) is 0 Å². The number of hydrogen-bond donors (Lipinski definition) is 0. The normalized spacial score (nSPS) is 12.3. The predicted molar refractivity (Wildman–Crippen MR) is 54.7 cm³/mol. The molecule has 0 N–H and O–H groups in total. The van der Waals surface area contributed by atoms with Gasteiger partial charge in [-0.1, -0.05) is 18.2 Å². The van der Waals surface area contributed by atoms with E-state index in [0.717, 1.165) is 5.57 Å². The lowest BCUT2D eigenvalue weighted by Crippen LogP contribution is -1.99. The van der Waals surface area contributed by atoms with Crippen LogP contribution in [0.1, 0.15) is 13.8 Å². The fourth-order valence-corrected chi connectivity index (χ4v) is 0.735. The third-order valence-corrected chi connectivity index (χ3v) is 1.29. The molecule has 0 saturated heterocycles. The lowest BCUT2D eigenvalue weighted by atomic mass is 10.2. The zero-order valence-corrected chi connectivity index (χ0v) is 8.40. The molecule has 0 atom stereocenters. The van der Waals surface area contributed by atoms with Crippen LogP contribution in [0.15, 0.2) is 36.0 Å². The standard InChI is InChI=1S/C11H14O3/c1-3-14-11(13)9-10(2)7-5-4-6-8-12/h4-9H,3H2,1-2H3/b6-4+,7-5+,10-9+. The van der Waals surface area contributed by atoms with E-state index in [9.17, 15) is 9.59 Å². The van der Waals surface area contributed by atoms with Gasteiger partial charge in [-0.2, -0.15) is 0 Å². The average molecular weight is 194 g/mol. The monoisotopic (exact) mass is 194 g/mol. The minimum atomic E-state index is -0.353. The van der Waals surface area contributed by atoms with Crippen LogP contribution in [0.2, 0.25) is 0 Å². The molecule has 0 bridgehead atoms. The van der Waals surface area contributed by atoms with Crippen molar-refractivity contribution in [3.05, 3.63) is 36.0 Å². The summed E-state index contributed by atoms with van der Waals surface area (Å²) in [5, 5.41) is 0. The Morgan fingerprint density at radius 3 is 2.57 bits per heavy atom. The maximum absolute atomic E-state index is 10.9. The smallest absolute Gasteiger partial charge is 0.330 e. The van der Waals surface area contributed by atoms with E-state index in [1.54, 1.807) is 32.1 Å².